The molecule has 0 saturated carbocycles. The molecule has 110 valence electrons. The summed E-state index contributed by atoms with van der Waals surface area (Å²) < 4.78 is 0.460. The van der Waals surface area contributed by atoms with Crippen LogP contribution in [-0.4, -0.2) is 41.1 Å². The summed E-state index contributed by atoms with van der Waals surface area (Å²) in [4.78, 5) is 2.66. The maximum atomic E-state index is 3.72. The van der Waals surface area contributed by atoms with E-state index in [2.05, 4.69) is 60.1 Å². The maximum absolute atomic E-state index is 3.72. The highest BCUT2D eigenvalue weighted by Crippen LogP contribution is 2.30. The van der Waals surface area contributed by atoms with Crippen LogP contribution in [-0.2, 0) is 13.0 Å². The van der Waals surface area contributed by atoms with Crippen molar-refractivity contribution in [2.45, 2.75) is 44.0 Å². The Morgan fingerprint density at radius 2 is 2.05 bits per heavy atom. The molecule has 3 rings (SSSR count). The molecule has 1 unspecified atom stereocenters. The molecule has 1 atom stereocenters. The Kier molecular flexibility index (Phi) is 4.39. The van der Waals surface area contributed by atoms with Crippen molar-refractivity contribution in [1.82, 2.24) is 10.2 Å². The van der Waals surface area contributed by atoms with E-state index in [1.807, 2.05) is 0 Å². The molecule has 2 nitrogen and oxygen atoms in total. The van der Waals surface area contributed by atoms with E-state index in [4.69, 9.17) is 0 Å². The Morgan fingerprint density at radius 1 is 1.25 bits per heavy atom. The largest absolute Gasteiger partial charge is 0.308 e. The van der Waals surface area contributed by atoms with Crippen molar-refractivity contribution in [3.05, 3.63) is 35.4 Å². The molecule has 0 amide bonds. The minimum Gasteiger partial charge on any atom is -0.308 e. The Labute approximate surface area is 127 Å². The van der Waals surface area contributed by atoms with Gasteiger partial charge in [0.1, 0.15) is 0 Å². The molecular formula is C17H26N2S. The van der Waals surface area contributed by atoms with Crippen molar-refractivity contribution >= 4 is 11.8 Å². The molecular weight excluding hydrogens is 264 g/mol. The lowest BCUT2D eigenvalue weighted by Crippen LogP contribution is -2.45. The molecule has 1 N–H and O–H groups in total. The second-order valence-corrected chi connectivity index (χ2v) is 8.51. The SMILES string of the molecule is CC1(C)CCN(CC2Cc3ccccc3CN2)CCS1. The molecule has 3 heteroatoms. The molecule has 2 aliphatic heterocycles. The van der Waals surface area contributed by atoms with Crippen molar-refractivity contribution < 1.29 is 0 Å². The number of hydrogen-bond acceptors (Lipinski definition) is 3. The van der Waals surface area contributed by atoms with Gasteiger partial charge < -0.3 is 10.2 Å². The fourth-order valence-corrected chi connectivity index (χ4v) is 4.34. The molecule has 2 heterocycles. The van der Waals surface area contributed by atoms with Gasteiger partial charge in [-0.3, -0.25) is 0 Å². The smallest absolute Gasteiger partial charge is 0.0238 e. The van der Waals surface area contributed by atoms with Gasteiger partial charge in [0.05, 0.1) is 0 Å². The van der Waals surface area contributed by atoms with E-state index in [1.54, 1.807) is 5.56 Å². The fraction of sp³-hybridized carbons (Fsp3) is 0.647. The summed E-state index contributed by atoms with van der Waals surface area (Å²) in [6.07, 6.45) is 2.49. The average Bonchev–Trinajstić information content (AvgIpc) is 2.60. The van der Waals surface area contributed by atoms with Crippen LogP contribution in [0.2, 0.25) is 0 Å². The number of nitrogens with zero attached hydrogens (tertiary/aromatic N) is 1. The highest BCUT2D eigenvalue weighted by atomic mass is 32.2. The van der Waals surface area contributed by atoms with E-state index in [-0.39, 0.29) is 0 Å². The third kappa shape index (κ3) is 3.57. The van der Waals surface area contributed by atoms with Crippen molar-refractivity contribution in [3.63, 3.8) is 0 Å². The summed E-state index contributed by atoms with van der Waals surface area (Å²) in [5.74, 6) is 1.27. The van der Waals surface area contributed by atoms with Crippen LogP contribution in [0.15, 0.2) is 24.3 Å². The Balaban J connectivity index is 1.57. The first-order valence-corrected chi connectivity index (χ1v) is 8.77. The number of hydrogen-bond donors (Lipinski definition) is 1. The summed E-state index contributed by atoms with van der Waals surface area (Å²) in [7, 11) is 0. The quantitative estimate of drug-likeness (QED) is 0.901. The lowest BCUT2D eigenvalue weighted by Gasteiger charge is -2.31. The molecule has 1 saturated heterocycles. The minimum atomic E-state index is 0.460. The highest BCUT2D eigenvalue weighted by Gasteiger charge is 2.26. The second-order valence-electron chi connectivity index (χ2n) is 6.71. The first kappa shape index (κ1) is 14.4. The van der Waals surface area contributed by atoms with Gasteiger partial charge >= 0.3 is 0 Å². The summed E-state index contributed by atoms with van der Waals surface area (Å²) in [5.41, 5.74) is 3.03. The molecule has 1 aromatic carbocycles. The Morgan fingerprint density at radius 3 is 2.90 bits per heavy atom. The summed E-state index contributed by atoms with van der Waals surface area (Å²) in [6.45, 7) is 9.50. The van der Waals surface area contributed by atoms with Gasteiger partial charge in [-0.15, -0.1) is 0 Å². The number of thioether (sulfide) groups is 1. The molecule has 20 heavy (non-hydrogen) atoms. The molecule has 0 spiro atoms. The van der Waals surface area contributed by atoms with E-state index in [1.165, 1.54) is 43.8 Å². The molecule has 0 radical (unpaired) electrons. The highest BCUT2D eigenvalue weighted by molar-refractivity contribution is 8.00. The maximum Gasteiger partial charge on any atom is 0.0238 e. The van der Waals surface area contributed by atoms with Crippen LogP contribution in [0.25, 0.3) is 0 Å². The van der Waals surface area contributed by atoms with Crippen LogP contribution in [0.4, 0.5) is 0 Å². The summed E-state index contributed by atoms with van der Waals surface area (Å²) in [6, 6.07) is 9.49. The van der Waals surface area contributed by atoms with Gasteiger partial charge in [0, 0.05) is 36.2 Å². The summed E-state index contributed by atoms with van der Waals surface area (Å²) >= 11 is 2.13. The molecule has 0 aliphatic carbocycles. The van der Waals surface area contributed by atoms with Gasteiger partial charge in [0.2, 0.25) is 0 Å². The van der Waals surface area contributed by atoms with Gasteiger partial charge in [0.15, 0.2) is 0 Å². The second kappa shape index (κ2) is 6.08. The lowest BCUT2D eigenvalue weighted by molar-refractivity contribution is 0.244. The van der Waals surface area contributed by atoms with Crippen LogP contribution in [0, 0.1) is 0 Å². The molecule has 0 bridgehead atoms. The molecule has 0 aromatic heterocycles. The monoisotopic (exact) mass is 290 g/mol. The lowest BCUT2D eigenvalue weighted by atomic mass is 9.95. The normalized spacial score (nSPS) is 26.8. The third-order valence-corrected chi connectivity index (χ3v) is 5.95. The zero-order valence-electron chi connectivity index (χ0n) is 12.7. The van der Waals surface area contributed by atoms with Crippen LogP contribution in [0.5, 0.6) is 0 Å². The first-order valence-electron chi connectivity index (χ1n) is 7.79. The number of rotatable bonds is 2. The van der Waals surface area contributed by atoms with Crippen molar-refractivity contribution in [1.29, 1.82) is 0 Å². The Bertz CT molecular complexity index is 458. The van der Waals surface area contributed by atoms with Gasteiger partial charge in [-0.25, -0.2) is 0 Å². The fourth-order valence-electron chi connectivity index (χ4n) is 3.21. The van der Waals surface area contributed by atoms with Crippen LogP contribution in [0.3, 0.4) is 0 Å². The standard InChI is InChI=1S/C17H26N2S/c1-17(2)7-8-19(9-10-20-17)13-16-11-14-5-3-4-6-15(14)12-18-16/h3-6,16,18H,7-13H2,1-2H3. The van der Waals surface area contributed by atoms with E-state index >= 15 is 0 Å². The molecule has 1 aromatic rings. The zero-order valence-corrected chi connectivity index (χ0v) is 13.5. The van der Waals surface area contributed by atoms with Crippen LogP contribution >= 0.6 is 11.8 Å². The molecule has 1 fully saturated rings. The molecule has 2 aliphatic rings. The van der Waals surface area contributed by atoms with Gasteiger partial charge in [-0.05, 0) is 30.5 Å². The van der Waals surface area contributed by atoms with E-state index < -0.39 is 0 Å². The number of benzene rings is 1. The van der Waals surface area contributed by atoms with Gasteiger partial charge in [0.25, 0.3) is 0 Å². The van der Waals surface area contributed by atoms with E-state index in [0.717, 1.165) is 6.54 Å². The van der Waals surface area contributed by atoms with Crippen molar-refractivity contribution in [2.24, 2.45) is 0 Å². The third-order valence-electron chi connectivity index (χ3n) is 4.57. The zero-order chi connectivity index (χ0) is 14.0. The van der Waals surface area contributed by atoms with Crippen molar-refractivity contribution in [2.75, 3.05) is 25.4 Å². The van der Waals surface area contributed by atoms with Gasteiger partial charge in [-0.1, -0.05) is 38.1 Å². The predicted octanol–water partition coefficient (Wildman–Crippen LogP) is 2.92. The first-order chi connectivity index (χ1) is 9.62. The topological polar surface area (TPSA) is 15.3 Å². The minimum absolute atomic E-state index is 0.460. The summed E-state index contributed by atoms with van der Waals surface area (Å²) in [5, 5.41) is 3.72. The Hall–Kier alpha value is -0.510. The number of fused-ring (bicyclic) bond motifs is 1. The van der Waals surface area contributed by atoms with Crippen molar-refractivity contribution in [3.8, 4) is 0 Å². The van der Waals surface area contributed by atoms with Crippen LogP contribution < -0.4 is 5.32 Å². The van der Waals surface area contributed by atoms with E-state index in [9.17, 15) is 0 Å². The average molecular weight is 290 g/mol. The predicted molar refractivity (Wildman–Crippen MR) is 88.4 cm³/mol. The number of nitrogens with one attached hydrogen (secondary N) is 1. The van der Waals surface area contributed by atoms with E-state index in [0.29, 0.717) is 10.8 Å². The van der Waals surface area contributed by atoms with Gasteiger partial charge in [-0.2, -0.15) is 11.8 Å². The van der Waals surface area contributed by atoms with Crippen LogP contribution in [0.1, 0.15) is 31.4 Å².